The van der Waals surface area contributed by atoms with Crippen LogP contribution in [0.4, 0.5) is 17.1 Å². The zero-order valence-electron chi connectivity index (χ0n) is 37.8. The fourth-order valence-corrected chi connectivity index (χ4v) is 12.6. The number of rotatable bonds is 10. The average Bonchev–Trinajstić information content (AvgIpc) is 3.80. The van der Waals surface area contributed by atoms with E-state index in [1.807, 2.05) is 0 Å². The summed E-state index contributed by atoms with van der Waals surface area (Å²) in [6.07, 6.45) is 6.85. The van der Waals surface area contributed by atoms with Crippen LogP contribution < -0.4 is 4.90 Å². The molecule has 2 saturated carbocycles. The van der Waals surface area contributed by atoms with E-state index in [0.717, 1.165) is 17.5 Å². The fourth-order valence-electron chi connectivity index (χ4n) is 12.6. The highest BCUT2D eigenvalue weighted by Crippen LogP contribution is 2.55. The summed E-state index contributed by atoms with van der Waals surface area (Å²) in [4.78, 5) is 2.54. The smallest absolute Gasteiger partial charge is 0.0706 e. The molecule has 0 spiro atoms. The van der Waals surface area contributed by atoms with E-state index < -0.39 is 5.41 Å². The predicted octanol–water partition coefficient (Wildman–Crippen LogP) is 16.8. The number of fused-ring (bicyclic) bond motifs is 5. The van der Waals surface area contributed by atoms with Crippen molar-refractivity contribution < 1.29 is 0 Å². The first-order valence-corrected chi connectivity index (χ1v) is 23.8. The lowest BCUT2D eigenvalue weighted by Gasteiger charge is -2.42. The summed E-state index contributed by atoms with van der Waals surface area (Å²) >= 11 is 0. The van der Waals surface area contributed by atoms with E-state index in [4.69, 9.17) is 0 Å². The molecule has 2 fully saturated rings. The first-order valence-electron chi connectivity index (χ1n) is 23.8. The van der Waals surface area contributed by atoms with E-state index in [1.54, 1.807) is 0 Å². The molecule has 0 radical (unpaired) electrons. The predicted molar refractivity (Wildman–Crippen MR) is 269 cm³/mol. The first-order chi connectivity index (χ1) is 31.3. The molecule has 64 heavy (non-hydrogen) atoms. The summed E-state index contributed by atoms with van der Waals surface area (Å²) in [5.74, 6) is 2.67. The van der Waals surface area contributed by atoms with Crippen molar-refractivity contribution in [3.05, 3.63) is 245 Å². The molecule has 2 bridgehead atoms. The van der Waals surface area contributed by atoms with Gasteiger partial charge in [-0.05, 0) is 153 Å². The van der Waals surface area contributed by atoms with Crippen LogP contribution in [0.3, 0.4) is 0 Å². The van der Waals surface area contributed by atoms with Gasteiger partial charge in [-0.1, -0.05) is 197 Å². The van der Waals surface area contributed by atoms with Crippen molar-refractivity contribution in [1.29, 1.82) is 0 Å². The minimum atomic E-state index is -0.546. The summed E-state index contributed by atoms with van der Waals surface area (Å²) < 4.78 is 0. The van der Waals surface area contributed by atoms with E-state index in [-0.39, 0.29) is 5.41 Å². The van der Waals surface area contributed by atoms with Crippen LogP contribution in [-0.2, 0) is 10.8 Å². The fraction of sp³-hybridized carbons (Fsp3) is 0.238. The molecule has 0 saturated heterocycles. The van der Waals surface area contributed by atoms with Crippen molar-refractivity contribution in [2.45, 2.75) is 76.5 Å². The summed E-state index contributed by atoms with van der Waals surface area (Å²) in [6, 6.07) is 75.7. The van der Waals surface area contributed by atoms with Gasteiger partial charge in [-0.2, -0.15) is 0 Å². The van der Waals surface area contributed by atoms with Crippen molar-refractivity contribution >= 4 is 17.1 Å². The Morgan fingerprint density at radius 2 is 1.02 bits per heavy atom. The lowest BCUT2D eigenvalue weighted by atomic mass is 9.61. The van der Waals surface area contributed by atoms with Crippen molar-refractivity contribution in [1.82, 2.24) is 0 Å². The number of aryl methyl sites for hydroxylation is 1. The quantitative estimate of drug-likeness (QED) is 0.124. The summed E-state index contributed by atoms with van der Waals surface area (Å²) in [5, 5.41) is 0. The second-order valence-electron chi connectivity index (χ2n) is 19.8. The van der Waals surface area contributed by atoms with Gasteiger partial charge in [0.15, 0.2) is 0 Å². The molecule has 3 aliphatic rings. The molecule has 11 rings (SSSR count). The Labute approximate surface area is 381 Å². The Balaban J connectivity index is 1.17. The van der Waals surface area contributed by atoms with Crippen molar-refractivity contribution in [3.8, 4) is 22.3 Å². The second kappa shape index (κ2) is 16.3. The zero-order valence-corrected chi connectivity index (χ0v) is 37.8. The highest BCUT2D eigenvalue weighted by Gasteiger charge is 2.44. The number of hydrogen-bond donors (Lipinski definition) is 0. The van der Waals surface area contributed by atoms with Gasteiger partial charge in [0.2, 0.25) is 0 Å². The van der Waals surface area contributed by atoms with Gasteiger partial charge < -0.3 is 4.90 Å². The molecule has 0 aromatic heterocycles. The van der Waals surface area contributed by atoms with E-state index in [9.17, 15) is 0 Å². The Kier molecular flexibility index (Phi) is 10.3. The molecule has 1 nitrogen and oxygen atoms in total. The molecule has 0 amide bonds. The standard InChI is InChI=1S/C63H59N/c1-43-18-14-16-26-58(43)63(50-21-10-6-11-22-50,51-23-12-7-13-24-51)60-37-35-53(41-57(60)44(2)49-39-45-28-29-46(38-45)40-49)64(52-32-30-48(31-33-52)47-19-8-5-9-20-47)54-34-36-56-55-25-15-17-27-59(55)62(3,4)61(56)42-54/h5-27,30-37,41-42,44-46,49H,28-29,38-40H2,1-4H3/t44-,45-,46+,49+/m0/s1. The van der Waals surface area contributed by atoms with Gasteiger partial charge in [-0.15, -0.1) is 0 Å². The maximum Gasteiger partial charge on any atom is 0.0706 e. The normalized spacial score (nSPS) is 18.8. The van der Waals surface area contributed by atoms with Crippen LogP contribution in [0.2, 0.25) is 0 Å². The Morgan fingerprint density at radius 3 is 1.69 bits per heavy atom. The van der Waals surface area contributed by atoms with Gasteiger partial charge in [0.25, 0.3) is 0 Å². The molecule has 8 aromatic rings. The van der Waals surface area contributed by atoms with Gasteiger partial charge in [0.1, 0.15) is 0 Å². The molecule has 0 aliphatic heterocycles. The Morgan fingerprint density at radius 1 is 0.484 bits per heavy atom. The SMILES string of the molecule is Cc1ccccc1C(c1ccccc1)(c1ccccc1)c1ccc(N(c2ccc(-c3ccccc3)cc2)c2ccc3c(c2)C(C)(C)c2ccccc2-3)cc1[C@@H](C)[C@H]1C[C@@H]2CC[C@@H](C2)C1. The molecule has 4 atom stereocenters. The van der Waals surface area contributed by atoms with Crippen molar-refractivity contribution in [2.24, 2.45) is 17.8 Å². The van der Waals surface area contributed by atoms with E-state index in [0.29, 0.717) is 11.8 Å². The first kappa shape index (κ1) is 40.3. The monoisotopic (exact) mass is 829 g/mol. The molecular formula is C63H59N. The Hall–Kier alpha value is -6.44. The van der Waals surface area contributed by atoms with Crippen LogP contribution in [0, 0.1) is 24.7 Å². The Bertz CT molecular complexity index is 2870. The van der Waals surface area contributed by atoms with Gasteiger partial charge in [0, 0.05) is 22.5 Å². The number of anilines is 3. The summed E-state index contributed by atoms with van der Waals surface area (Å²) in [5.41, 5.74) is 18.9. The van der Waals surface area contributed by atoms with Crippen molar-refractivity contribution in [3.63, 3.8) is 0 Å². The minimum absolute atomic E-state index is 0.118. The molecule has 8 aromatic carbocycles. The third-order valence-corrected chi connectivity index (χ3v) is 15.8. The van der Waals surface area contributed by atoms with Crippen LogP contribution in [-0.4, -0.2) is 0 Å². The maximum absolute atomic E-state index is 2.62. The largest absolute Gasteiger partial charge is 0.310 e. The molecule has 1 heteroatoms. The number of benzene rings is 8. The van der Waals surface area contributed by atoms with Gasteiger partial charge in [-0.25, -0.2) is 0 Å². The molecule has 0 unspecified atom stereocenters. The summed E-state index contributed by atoms with van der Waals surface area (Å²) in [7, 11) is 0. The van der Waals surface area contributed by atoms with Crippen LogP contribution >= 0.6 is 0 Å². The number of hydrogen-bond acceptors (Lipinski definition) is 1. The summed E-state index contributed by atoms with van der Waals surface area (Å²) in [6.45, 7) is 9.67. The van der Waals surface area contributed by atoms with Crippen molar-refractivity contribution in [2.75, 3.05) is 4.90 Å². The molecule has 3 aliphatic carbocycles. The average molecular weight is 830 g/mol. The third-order valence-electron chi connectivity index (χ3n) is 15.8. The minimum Gasteiger partial charge on any atom is -0.310 e. The van der Waals surface area contributed by atoms with Crippen LogP contribution in [0.5, 0.6) is 0 Å². The number of nitrogens with zero attached hydrogens (tertiary/aromatic N) is 1. The van der Waals surface area contributed by atoms with Gasteiger partial charge in [0.05, 0.1) is 5.41 Å². The molecule has 0 N–H and O–H groups in total. The van der Waals surface area contributed by atoms with Crippen LogP contribution in [0.1, 0.15) is 103 Å². The molecule has 0 heterocycles. The van der Waals surface area contributed by atoms with Gasteiger partial charge >= 0.3 is 0 Å². The van der Waals surface area contributed by atoms with Gasteiger partial charge in [-0.3, -0.25) is 0 Å². The highest BCUT2D eigenvalue weighted by molar-refractivity contribution is 5.86. The second-order valence-corrected chi connectivity index (χ2v) is 19.8. The van der Waals surface area contributed by atoms with E-state index in [2.05, 4.69) is 233 Å². The lowest BCUT2D eigenvalue weighted by molar-refractivity contribution is 0.233. The van der Waals surface area contributed by atoms with Crippen LogP contribution in [0.25, 0.3) is 22.3 Å². The van der Waals surface area contributed by atoms with E-state index >= 15 is 0 Å². The topological polar surface area (TPSA) is 3.24 Å². The van der Waals surface area contributed by atoms with Crippen LogP contribution in [0.15, 0.2) is 200 Å². The highest BCUT2D eigenvalue weighted by atomic mass is 15.1. The maximum atomic E-state index is 2.62. The third kappa shape index (κ3) is 6.75. The lowest BCUT2D eigenvalue weighted by Crippen LogP contribution is -2.34. The van der Waals surface area contributed by atoms with E-state index in [1.165, 1.54) is 110 Å². The molecular weight excluding hydrogens is 771 g/mol. The molecule has 316 valence electrons. The zero-order chi connectivity index (χ0) is 43.4.